The number of hydrogen-bond donors (Lipinski definition) is 3. The number of carbonyl (C=O) groups is 2. The number of methoxy groups -OCH3 is 1. The van der Waals surface area contributed by atoms with Gasteiger partial charge in [0.15, 0.2) is 0 Å². The number of ether oxygens (including phenoxy) is 1. The Bertz CT molecular complexity index is 1470. The first-order valence-corrected chi connectivity index (χ1v) is 12.4. The molecule has 0 fully saturated rings. The van der Waals surface area contributed by atoms with Gasteiger partial charge < -0.3 is 26.1 Å². The van der Waals surface area contributed by atoms with Crippen molar-refractivity contribution in [3.8, 4) is 17.0 Å². The Kier molecular flexibility index (Phi) is 8.45. The molecule has 11 nitrogen and oxygen atoms in total. The van der Waals surface area contributed by atoms with Gasteiger partial charge in [0.2, 0.25) is 5.91 Å². The number of halogens is 2. The van der Waals surface area contributed by atoms with Gasteiger partial charge in [-0.05, 0) is 30.2 Å². The summed E-state index contributed by atoms with van der Waals surface area (Å²) < 4.78 is 19.2. The third kappa shape index (κ3) is 6.34. The molecule has 0 spiro atoms. The Balaban J connectivity index is 1.50. The van der Waals surface area contributed by atoms with Crippen LogP contribution in [0.1, 0.15) is 47.4 Å². The fourth-order valence-corrected chi connectivity index (χ4v) is 4.37. The van der Waals surface area contributed by atoms with E-state index in [0.717, 1.165) is 12.6 Å². The lowest BCUT2D eigenvalue weighted by molar-refractivity contribution is -0.122. The standard InChI is InChI=1S/C26H26ClFN8O3/c1-3-4-20(14-5-16(28)8-17(6-14)39-2)33-23(37)13-36-12-21-18(25(36)38)7-15(10-31-21)24-19(27)11-32-26(35-24)34-22(30)9-29/h5-11,20,29H,3-4,12-13H2,1-2H3,(H,33,37)(H2,30,32,34,35). The van der Waals surface area contributed by atoms with Crippen molar-refractivity contribution in [3.05, 3.63) is 64.3 Å². The Morgan fingerprint density at radius 3 is 2.85 bits per heavy atom. The number of nitrogens with one attached hydrogen (secondary N) is 2. The first-order valence-electron chi connectivity index (χ1n) is 12.0. The van der Waals surface area contributed by atoms with E-state index in [9.17, 15) is 14.0 Å². The van der Waals surface area contributed by atoms with Crippen LogP contribution in [0, 0.1) is 11.2 Å². The summed E-state index contributed by atoms with van der Waals surface area (Å²) in [5, 5.41) is 10.3. The van der Waals surface area contributed by atoms with Gasteiger partial charge in [-0.15, -0.1) is 0 Å². The molecule has 3 heterocycles. The van der Waals surface area contributed by atoms with Gasteiger partial charge in [0.25, 0.3) is 11.9 Å². The second kappa shape index (κ2) is 11.9. The lowest BCUT2D eigenvalue weighted by atomic mass is 10.0. The predicted molar refractivity (Wildman–Crippen MR) is 144 cm³/mol. The molecule has 1 aliphatic rings. The summed E-state index contributed by atoms with van der Waals surface area (Å²) in [6, 6.07) is 5.46. The normalized spacial score (nSPS) is 13.7. The summed E-state index contributed by atoms with van der Waals surface area (Å²) in [6.07, 6.45) is 5.04. The van der Waals surface area contributed by atoms with Gasteiger partial charge in [-0.25, -0.2) is 14.4 Å². The summed E-state index contributed by atoms with van der Waals surface area (Å²) in [5.41, 5.74) is 7.70. The number of fused-ring (bicyclic) bond motifs is 1. The molecule has 39 heavy (non-hydrogen) atoms. The van der Waals surface area contributed by atoms with Crippen molar-refractivity contribution in [3.63, 3.8) is 0 Å². The highest BCUT2D eigenvalue weighted by atomic mass is 35.5. The number of amidine groups is 1. The highest BCUT2D eigenvalue weighted by Gasteiger charge is 2.31. The van der Waals surface area contributed by atoms with Crippen molar-refractivity contribution in [2.45, 2.75) is 32.4 Å². The minimum absolute atomic E-state index is 0.00178. The number of benzene rings is 1. The average molecular weight is 553 g/mol. The molecule has 2 aromatic heterocycles. The molecule has 0 bridgehead atoms. The molecule has 1 unspecified atom stereocenters. The lowest BCUT2D eigenvalue weighted by Gasteiger charge is -2.22. The molecule has 4 N–H and O–H groups in total. The molecule has 0 radical (unpaired) electrons. The zero-order valence-electron chi connectivity index (χ0n) is 21.2. The number of aromatic nitrogens is 3. The maximum Gasteiger partial charge on any atom is 0.256 e. The van der Waals surface area contributed by atoms with E-state index in [1.54, 1.807) is 12.1 Å². The second-order valence-corrected chi connectivity index (χ2v) is 9.17. The van der Waals surface area contributed by atoms with E-state index in [4.69, 9.17) is 27.5 Å². The van der Waals surface area contributed by atoms with Crippen molar-refractivity contribution in [1.29, 1.82) is 5.41 Å². The third-order valence-corrected chi connectivity index (χ3v) is 6.27. The van der Waals surface area contributed by atoms with Gasteiger partial charge in [0.05, 0.1) is 54.1 Å². The number of nitrogens with zero attached hydrogens (tertiary/aromatic N) is 5. The monoisotopic (exact) mass is 552 g/mol. The fourth-order valence-electron chi connectivity index (χ4n) is 4.17. The fraction of sp³-hybridized carbons (Fsp3) is 0.269. The summed E-state index contributed by atoms with van der Waals surface area (Å²) in [4.78, 5) is 44.1. The average Bonchev–Trinajstić information content (AvgIpc) is 3.23. The van der Waals surface area contributed by atoms with Crippen molar-refractivity contribution in [1.82, 2.24) is 25.2 Å². The molecule has 0 aliphatic carbocycles. The highest BCUT2D eigenvalue weighted by molar-refractivity contribution is 6.33. The molecule has 202 valence electrons. The van der Waals surface area contributed by atoms with Crippen LogP contribution in [0.5, 0.6) is 5.75 Å². The van der Waals surface area contributed by atoms with E-state index in [0.29, 0.717) is 34.6 Å². The molecule has 2 amide bonds. The molecule has 1 aromatic carbocycles. The van der Waals surface area contributed by atoms with Crippen LogP contribution in [0.3, 0.4) is 0 Å². The number of hydrogen-bond acceptors (Lipinski definition) is 8. The van der Waals surface area contributed by atoms with Gasteiger partial charge in [-0.1, -0.05) is 24.9 Å². The second-order valence-electron chi connectivity index (χ2n) is 8.76. The van der Waals surface area contributed by atoms with Crippen LogP contribution in [0.25, 0.3) is 11.3 Å². The summed E-state index contributed by atoms with van der Waals surface area (Å²) in [5.74, 6) is -0.954. The smallest absolute Gasteiger partial charge is 0.256 e. The van der Waals surface area contributed by atoms with Crippen LogP contribution >= 0.6 is 11.6 Å². The van der Waals surface area contributed by atoms with Crippen LogP contribution in [0.4, 0.5) is 10.3 Å². The molecule has 1 atom stereocenters. The van der Waals surface area contributed by atoms with Crippen LogP contribution < -0.4 is 15.8 Å². The lowest BCUT2D eigenvalue weighted by Crippen LogP contribution is -2.39. The Morgan fingerprint density at radius 1 is 1.33 bits per heavy atom. The molecule has 0 saturated carbocycles. The van der Waals surface area contributed by atoms with E-state index in [1.807, 2.05) is 6.92 Å². The van der Waals surface area contributed by atoms with Gasteiger partial charge in [0, 0.05) is 17.8 Å². The van der Waals surface area contributed by atoms with Gasteiger partial charge in [-0.3, -0.25) is 14.6 Å². The summed E-state index contributed by atoms with van der Waals surface area (Å²) >= 11 is 6.28. The summed E-state index contributed by atoms with van der Waals surface area (Å²) in [6.45, 7) is 1.91. The van der Waals surface area contributed by atoms with Crippen molar-refractivity contribution in [2.75, 3.05) is 13.7 Å². The van der Waals surface area contributed by atoms with E-state index >= 15 is 0 Å². The number of aliphatic imine (C=N–C) groups is 1. The molecule has 3 aromatic rings. The summed E-state index contributed by atoms with van der Waals surface area (Å²) in [7, 11) is 1.45. The van der Waals surface area contributed by atoms with Gasteiger partial charge in [-0.2, -0.15) is 4.99 Å². The predicted octanol–water partition coefficient (Wildman–Crippen LogP) is 3.59. The first-order chi connectivity index (χ1) is 18.7. The van der Waals surface area contributed by atoms with Crippen LogP contribution in [-0.2, 0) is 11.3 Å². The van der Waals surface area contributed by atoms with Crippen molar-refractivity contribution in [2.24, 2.45) is 10.7 Å². The molecule has 4 rings (SSSR count). The van der Waals surface area contributed by atoms with E-state index in [-0.39, 0.29) is 47.4 Å². The van der Waals surface area contributed by atoms with Gasteiger partial charge in [0.1, 0.15) is 23.9 Å². The number of pyridine rings is 1. The molecule has 1 aliphatic heterocycles. The molecule has 0 saturated heterocycles. The van der Waals surface area contributed by atoms with Gasteiger partial charge >= 0.3 is 0 Å². The minimum Gasteiger partial charge on any atom is -0.497 e. The quantitative estimate of drug-likeness (QED) is 0.256. The van der Waals surface area contributed by atoms with Crippen molar-refractivity contribution < 1.29 is 18.7 Å². The molecule has 13 heteroatoms. The topological polar surface area (TPSA) is 160 Å². The third-order valence-electron chi connectivity index (χ3n) is 5.99. The number of carbonyl (C=O) groups excluding carboxylic acids is 2. The van der Waals surface area contributed by atoms with E-state index in [1.165, 1.54) is 36.5 Å². The van der Waals surface area contributed by atoms with Crippen LogP contribution in [-0.4, -0.2) is 57.4 Å². The number of rotatable bonds is 10. The Morgan fingerprint density at radius 2 is 2.13 bits per heavy atom. The molecular weight excluding hydrogens is 527 g/mol. The number of nitrogens with two attached hydrogens (primary N) is 1. The zero-order valence-corrected chi connectivity index (χ0v) is 22.0. The minimum atomic E-state index is -0.465. The van der Waals surface area contributed by atoms with Crippen LogP contribution in [0.15, 0.2) is 41.7 Å². The number of amides is 2. The zero-order chi connectivity index (χ0) is 28.1. The Hall–Kier alpha value is -4.45. The highest BCUT2D eigenvalue weighted by Crippen LogP contribution is 2.31. The largest absolute Gasteiger partial charge is 0.497 e. The SMILES string of the molecule is CCCC(NC(=O)CN1Cc2ncc(-c3nc(/N=C(/N)C=N)ncc3Cl)cc2C1=O)c1cc(F)cc(OC)c1. The van der Waals surface area contributed by atoms with Crippen molar-refractivity contribution >= 4 is 41.4 Å². The first kappa shape index (κ1) is 27.6. The van der Waals surface area contributed by atoms with E-state index < -0.39 is 11.9 Å². The Labute approximate surface area is 228 Å². The molecular formula is C26H26ClFN8O3. The maximum absolute atomic E-state index is 14.1. The van der Waals surface area contributed by atoms with E-state index in [2.05, 4.69) is 25.3 Å². The van der Waals surface area contributed by atoms with Crippen LogP contribution in [0.2, 0.25) is 5.02 Å². The maximum atomic E-state index is 14.1.